The lowest BCUT2D eigenvalue weighted by Gasteiger charge is -2.34. The Morgan fingerprint density at radius 2 is 1.89 bits per heavy atom. The van der Waals surface area contributed by atoms with Crippen molar-refractivity contribution in [1.82, 2.24) is 9.88 Å². The normalized spacial score (nSPS) is 23.4. The molecule has 2 fully saturated rings. The second-order valence-electron chi connectivity index (χ2n) is 8.31. The third-order valence-corrected chi connectivity index (χ3v) is 6.42. The summed E-state index contributed by atoms with van der Waals surface area (Å²) in [5.41, 5.74) is 3.47. The molecule has 144 valence electrons. The number of pyridine rings is 1. The van der Waals surface area contributed by atoms with Crippen LogP contribution in [-0.2, 0) is 4.79 Å². The van der Waals surface area contributed by atoms with Crippen LogP contribution >= 0.6 is 0 Å². The van der Waals surface area contributed by atoms with Crippen LogP contribution in [0.5, 0.6) is 0 Å². The predicted octanol–water partition coefficient (Wildman–Crippen LogP) is 4.77. The Bertz CT molecular complexity index is 789. The molecule has 0 radical (unpaired) electrons. The fourth-order valence-electron chi connectivity index (χ4n) is 4.72. The number of aryl methyl sites for hydroxylation is 1. The van der Waals surface area contributed by atoms with Crippen LogP contribution in [0.1, 0.15) is 50.5 Å². The number of anilines is 1. The molecule has 1 amide bonds. The van der Waals surface area contributed by atoms with Gasteiger partial charge in [-0.3, -0.25) is 9.78 Å². The SMILES string of the molecule is Cc1cccc2c(NCC3CCC(C(=O)N4CCCCC4)CC3)ccnc12. The molecule has 2 aliphatic rings. The highest BCUT2D eigenvalue weighted by molar-refractivity contribution is 5.92. The lowest BCUT2D eigenvalue weighted by molar-refractivity contribution is -0.137. The van der Waals surface area contributed by atoms with Gasteiger partial charge < -0.3 is 10.2 Å². The average Bonchev–Trinajstić information content (AvgIpc) is 2.73. The number of fused-ring (bicyclic) bond motifs is 1. The molecule has 27 heavy (non-hydrogen) atoms. The minimum Gasteiger partial charge on any atom is -0.384 e. The van der Waals surface area contributed by atoms with Crippen molar-refractivity contribution in [1.29, 1.82) is 0 Å². The molecule has 1 saturated heterocycles. The Hall–Kier alpha value is -2.10. The molecule has 1 saturated carbocycles. The van der Waals surface area contributed by atoms with E-state index in [1.807, 2.05) is 6.20 Å². The summed E-state index contributed by atoms with van der Waals surface area (Å²) in [5, 5.41) is 4.86. The zero-order valence-electron chi connectivity index (χ0n) is 16.4. The zero-order valence-corrected chi connectivity index (χ0v) is 16.4. The van der Waals surface area contributed by atoms with Crippen molar-refractivity contribution in [2.45, 2.75) is 51.9 Å². The van der Waals surface area contributed by atoms with Crippen molar-refractivity contribution >= 4 is 22.5 Å². The standard InChI is InChI=1S/C23H31N3O/c1-17-6-5-7-20-21(12-13-24-22(17)20)25-16-18-8-10-19(11-9-18)23(27)26-14-3-2-4-15-26/h5-7,12-13,18-19H,2-4,8-11,14-16H2,1H3,(H,24,25). The van der Waals surface area contributed by atoms with Gasteiger partial charge >= 0.3 is 0 Å². The van der Waals surface area contributed by atoms with Crippen molar-refractivity contribution in [3.05, 3.63) is 36.0 Å². The topological polar surface area (TPSA) is 45.2 Å². The Morgan fingerprint density at radius 1 is 1.11 bits per heavy atom. The van der Waals surface area contributed by atoms with Gasteiger partial charge in [-0.2, -0.15) is 0 Å². The molecule has 4 nitrogen and oxygen atoms in total. The van der Waals surface area contributed by atoms with E-state index in [4.69, 9.17) is 0 Å². The summed E-state index contributed by atoms with van der Waals surface area (Å²) in [6, 6.07) is 8.43. The van der Waals surface area contributed by atoms with E-state index in [9.17, 15) is 4.79 Å². The maximum Gasteiger partial charge on any atom is 0.225 e. The molecule has 2 aromatic rings. The van der Waals surface area contributed by atoms with E-state index in [0.717, 1.165) is 50.8 Å². The number of hydrogen-bond donors (Lipinski definition) is 1. The first kappa shape index (κ1) is 18.3. The summed E-state index contributed by atoms with van der Waals surface area (Å²) in [5.74, 6) is 1.35. The first-order valence-corrected chi connectivity index (χ1v) is 10.6. The Labute approximate surface area is 162 Å². The van der Waals surface area contributed by atoms with Crippen molar-refractivity contribution in [3.63, 3.8) is 0 Å². The maximum atomic E-state index is 12.7. The maximum absolute atomic E-state index is 12.7. The van der Waals surface area contributed by atoms with Crippen LogP contribution in [0.4, 0.5) is 5.69 Å². The molecule has 2 heterocycles. The number of nitrogens with zero attached hydrogens (tertiary/aromatic N) is 2. The van der Waals surface area contributed by atoms with E-state index in [-0.39, 0.29) is 5.92 Å². The minimum absolute atomic E-state index is 0.267. The largest absolute Gasteiger partial charge is 0.384 e. The van der Waals surface area contributed by atoms with Crippen molar-refractivity contribution in [2.75, 3.05) is 25.0 Å². The molecule has 0 unspecified atom stereocenters. The molecule has 0 bridgehead atoms. The van der Waals surface area contributed by atoms with E-state index in [1.54, 1.807) is 0 Å². The molecule has 0 spiro atoms. The number of amides is 1. The van der Waals surface area contributed by atoms with Gasteiger partial charge in [-0.15, -0.1) is 0 Å². The van der Waals surface area contributed by atoms with Gasteiger partial charge in [0, 0.05) is 42.8 Å². The molecule has 1 aromatic carbocycles. The molecule has 0 atom stereocenters. The first-order chi connectivity index (χ1) is 13.2. The summed E-state index contributed by atoms with van der Waals surface area (Å²) in [6.45, 7) is 5.06. The number of benzene rings is 1. The number of rotatable bonds is 4. The highest BCUT2D eigenvalue weighted by Crippen LogP contribution is 2.32. The number of carbonyl (C=O) groups excluding carboxylic acids is 1. The van der Waals surface area contributed by atoms with E-state index in [2.05, 4.69) is 46.4 Å². The van der Waals surface area contributed by atoms with Gasteiger partial charge in [0.05, 0.1) is 5.52 Å². The number of likely N-dealkylation sites (tertiary alicyclic amines) is 1. The van der Waals surface area contributed by atoms with Crippen LogP contribution in [0.2, 0.25) is 0 Å². The van der Waals surface area contributed by atoms with Crippen molar-refractivity contribution < 1.29 is 4.79 Å². The molecule has 1 N–H and O–H groups in total. The summed E-state index contributed by atoms with van der Waals surface area (Å²) < 4.78 is 0. The lowest BCUT2D eigenvalue weighted by atomic mass is 9.81. The predicted molar refractivity (Wildman–Crippen MR) is 111 cm³/mol. The van der Waals surface area contributed by atoms with Crippen LogP contribution in [0.15, 0.2) is 30.5 Å². The number of piperidine rings is 1. The molecule has 4 rings (SSSR count). The van der Waals surface area contributed by atoms with Gasteiger partial charge in [-0.25, -0.2) is 0 Å². The van der Waals surface area contributed by atoms with E-state index in [0.29, 0.717) is 11.8 Å². The van der Waals surface area contributed by atoms with Crippen LogP contribution in [0, 0.1) is 18.8 Å². The second-order valence-corrected chi connectivity index (χ2v) is 8.31. The third-order valence-electron chi connectivity index (χ3n) is 6.42. The highest BCUT2D eigenvalue weighted by atomic mass is 16.2. The Morgan fingerprint density at radius 3 is 2.67 bits per heavy atom. The van der Waals surface area contributed by atoms with Crippen LogP contribution < -0.4 is 5.32 Å². The van der Waals surface area contributed by atoms with Crippen LogP contribution in [0.3, 0.4) is 0 Å². The van der Waals surface area contributed by atoms with Gasteiger partial charge in [0.15, 0.2) is 0 Å². The van der Waals surface area contributed by atoms with Gasteiger partial charge in [0.2, 0.25) is 5.91 Å². The molecular weight excluding hydrogens is 334 g/mol. The summed E-state index contributed by atoms with van der Waals surface area (Å²) in [6.07, 6.45) is 9.96. The zero-order chi connectivity index (χ0) is 18.6. The molecule has 1 aromatic heterocycles. The summed E-state index contributed by atoms with van der Waals surface area (Å²) in [4.78, 5) is 19.4. The van der Waals surface area contributed by atoms with E-state index >= 15 is 0 Å². The fraction of sp³-hybridized carbons (Fsp3) is 0.565. The molecular formula is C23H31N3O. The number of nitrogens with one attached hydrogen (secondary N) is 1. The monoisotopic (exact) mass is 365 g/mol. The Kier molecular flexibility index (Phi) is 5.61. The van der Waals surface area contributed by atoms with Crippen molar-refractivity contribution in [2.24, 2.45) is 11.8 Å². The third kappa shape index (κ3) is 4.10. The quantitative estimate of drug-likeness (QED) is 0.848. The Balaban J connectivity index is 1.31. The fourth-order valence-corrected chi connectivity index (χ4v) is 4.72. The molecule has 4 heteroatoms. The summed E-state index contributed by atoms with van der Waals surface area (Å²) >= 11 is 0. The number of aromatic nitrogens is 1. The number of para-hydroxylation sites is 1. The number of carbonyl (C=O) groups is 1. The minimum atomic E-state index is 0.267. The smallest absolute Gasteiger partial charge is 0.225 e. The second kappa shape index (κ2) is 8.28. The first-order valence-electron chi connectivity index (χ1n) is 10.6. The lowest BCUT2D eigenvalue weighted by Crippen LogP contribution is -2.41. The van der Waals surface area contributed by atoms with Gasteiger partial charge in [-0.1, -0.05) is 18.2 Å². The summed E-state index contributed by atoms with van der Waals surface area (Å²) in [7, 11) is 0. The molecule has 1 aliphatic carbocycles. The van der Waals surface area contributed by atoms with E-state index in [1.165, 1.54) is 35.9 Å². The van der Waals surface area contributed by atoms with Crippen molar-refractivity contribution in [3.8, 4) is 0 Å². The number of hydrogen-bond acceptors (Lipinski definition) is 3. The average molecular weight is 366 g/mol. The van der Waals surface area contributed by atoms with Gasteiger partial charge in [0.25, 0.3) is 0 Å². The highest BCUT2D eigenvalue weighted by Gasteiger charge is 2.29. The molecule has 1 aliphatic heterocycles. The van der Waals surface area contributed by atoms with Gasteiger partial charge in [-0.05, 0) is 69.4 Å². The van der Waals surface area contributed by atoms with Gasteiger partial charge in [0.1, 0.15) is 0 Å². The van der Waals surface area contributed by atoms with E-state index < -0.39 is 0 Å². The van der Waals surface area contributed by atoms with Crippen LogP contribution in [0.25, 0.3) is 10.9 Å². The van der Waals surface area contributed by atoms with Crippen LogP contribution in [-0.4, -0.2) is 35.4 Å².